The largest absolute Gasteiger partial charge is 0.367 e. The predicted molar refractivity (Wildman–Crippen MR) is 71.3 cm³/mol. The summed E-state index contributed by atoms with van der Waals surface area (Å²) in [7, 11) is 0. The van der Waals surface area contributed by atoms with Gasteiger partial charge in [-0.3, -0.25) is 0 Å². The summed E-state index contributed by atoms with van der Waals surface area (Å²) >= 11 is 0. The predicted octanol–water partition coefficient (Wildman–Crippen LogP) is 2.23. The summed E-state index contributed by atoms with van der Waals surface area (Å²) in [4.78, 5) is 5.44. The Labute approximate surface area is 106 Å². The molecule has 94 valence electrons. The van der Waals surface area contributed by atoms with Crippen LogP contribution < -0.4 is 10.2 Å². The van der Waals surface area contributed by atoms with E-state index in [-0.39, 0.29) is 5.82 Å². The molecule has 0 aliphatic carbocycles. The number of nitrogens with one attached hydrogen (secondary N) is 2. The Balaban J connectivity index is 1.98. The van der Waals surface area contributed by atoms with Crippen LogP contribution in [0.2, 0.25) is 0 Å². The molecule has 0 unspecified atom stereocenters. The topological polar surface area (TPSA) is 31.1 Å². The normalized spacial score (nSPS) is 15.9. The van der Waals surface area contributed by atoms with Gasteiger partial charge in [-0.15, -0.1) is 0 Å². The maximum absolute atomic E-state index is 13.8. The number of hydrogen-bond acceptors (Lipinski definition) is 2. The van der Waals surface area contributed by atoms with E-state index in [0.717, 1.165) is 37.6 Å². The van der Waals surface area contributed by atoms with Gasteiger partial charge in [-0.05, 0) is 18.2 Å². The van der Waals surface area contributed by atoms with Crippen molar-refractivity contribution in [3.05, 3.63) is 42.3 Å². The average Bonchev–Trinajstić information content (AvgIpc) is 2.89. The van der Waals surface area contributed by atoms with Crippen molar-refractivity contribution in [2.75, 3.05) is 31.1 Å². The van der Waals surface area contributed by atoms with Crippen molar-refractivity contribution in [2.24, 2.45) is 0 Å². The summed E-state index contributed by atoms with van der Waals surface area (Å²) in [5, 5.41) is 3.32. The quantitative estimate of drug-likeness (QED) is 0.850. The van der Waals surface area contributed by atoms with Crippen LogP contribution in [0.1, 0.15) is 0 Å². The summed E-state index contributed by atoms with van der Waals surface area (Å²) < 4.78 is 13.8. The first-order chi connectivity index (χ1) is 8.86. The van der Waals surface area contributed by atoms with Gasteiger partial charge in [0.1, 0.15) is 5.82 Å². The molecule has 1 fully saturated rings. The Morgan fingerprint density at radius 3 is 2.61 bits per heavy atom. The molecule has 0 saturated carbocycles. The first-order valence-corrected chi connectivity index (χ1v) is 6.24. The molecule has 0 radical (unpaired) electrons. The average molecular weight is 245 g/mol. The summed E-state index contributed by atoms with van der Waals surface area (Å²) in [5.74, 6) is -0.184. The van der Waals surface area contributed by atoms with E-state index in [1.807, 2.05) is 24.4 Å². The standard InChI is InChI=1S/C14H16FN3/c15-12-4-2-1-3-11(12)14-13(5-6-17-14)18-9-7-16-8-10-18/h1-6,16-17H,7-10H2. The molecule has 2 aromatic rings. The van der Waals surface area contributed by atoms with Gasteiger partial charge >= 0.3 is 0 Å². The van der Waals surface area contributed by atoms with Crippen LogP contribution in [-0.2, 0) is 0 Å². The van der Waals surface area contributed by atoms with E-state index < -0.39 is 0 Å². The third-order valence-electron chi connectivity index (χ3n) is 3.33. The van der Waals surface area contributed by atoms with Gasteiger partial charge in [0.05, 0.1) is 11.4 Å². The second kappa shape index (κ2) is 4.82. The van der Waals surface area contributed by atoms with E-state index >= 15 is 0 Å². The van der Waals surface area contributed by atoms with E-state index in [9.17, 15) is 4.39 Å². The van der Waals surface area contributed by atoms with E-state index in [1.54, 1.807) is 6.07 Å². The molecule has 0 amide bonds. The Bertz CT molecular complexity index is 529. The highest BCUT2D eigenvalue weighted by molar-refractivity contribution is 5.76. The molecular weight excluding hydrogens is 229 g/mol. The van der Waals surface area contributed by atoms with Crippen LogP contribution in [0.25, 0.3) is 11.3 Å². The maximum atomic E-state index is 13.8. The molecule has 1 aromatic heterocycles. The van der Waals surface area contributed by atoms with Crippen molar-refractivity contribution in [1.82, 2.24) is 10.3 Å². The number of nitrogens with zero attached hydrogens (tertiary/aromatic N) is 1. The number of benzene rings is 1. The highest BCUT2D eigenvalue weighted by Crippen LogP contribution is 2.31. The Morgan fingerprint density at radius 1 is 1.06 bits per heavy atom. The molecule has 1 aliphatic rings. The van der Waals surface area contributed by atoms with Gasteiger partial charge in [0.2, 0.25) is 0 Å². The van der Waals surface area contributed by atoms with Gasteiger partial charge in [0.25, 0.3) is 0 Å². The van der Waals surface area contributed by atoms with E-state index in [2.05, 4.69) is 15.2 Å². The molecule has 0 atom stereocenters. The zero-order valence-corrected chi connectivity index (χ0v) is 10.1. The second-order valence-electron chi connectivity index (χ2n) is 4.45. The van der Waals surface area contributed by atoms with Crippen molar-refractivity contribution in [3.8, 4) is 11.3 Å². The molecule has 4 heteroatoms. The van der Waals surface area contributed by atoms with Crippen LogP contribution in [0, 0.1) is 5.82 Å². The van der Waals surface area contributed by atoms with Crippen LogP contribution in [0.15, 0.2) is 36.5 Å². The van der Waals surface area contributed by atoms with Crippen LogP contribution in [0.4, 0.5) is 10.1 Å². The monoisotopic (exact) mass is 245 g/mol. The molecule has 1 aromatic carbocycles. The number of rotatable bonds is 2. The fourth-order valence-corrected chi connectivity index (χ4v) is 2.41. The summed E-state index contributed by atoms with van der Waals surface area (Å²) in [5.41, 5.74) is 2.59. The summed E-state index contributed by atoms with van der Waals surface area (Å²) in [6.07, 6.45) is 1.87. The number of piperazine rings is 1. The molecule has 3 nitrogen and oxygen atoms in total. The minimum absolute atomic E-state index is 0.184. The smallest absolute Gasteiger partial charge is 0.132 e. The van der Waals surface area contributed by atoms with Crippen LogP contribution in [-0.4, -0.2) is 31.2 Å². The Morgan fingerprint density at radius 2 is 1.83 bits per heavy atom. The lowest BCUT2D eigenvalue weighted by atomic mass is 10.1. The Kier molecular flexibility index (Phi) is 3.02. The fourth-order valence-electron chi connectivity index (χ4n) is 2.41. The zero-order valence-electron chi connectivity index (χ0n) is 10.1. The maximum Gasteiger partial charge on any atom is 0.132 e. The van der Waals surface area contributed by atoms with E-state index in [1.165, 1.54) is 6.07 Å². The SMILES string of the molecule is Fc1ccccc1-c1[nH]ccc1N1CCNCC1. The van der Waals surface area contributed by atoms with Crippen molar-refractivity contribution in [1.29, 1.82) is 0 Å². The molecule has 1 aliphatic heterocycles. The molecule has 1 saturated heterocycles. The third kappa shape index (κ3) is 1.99. The first kappa shape index (κ1) is 11.3. The molecule has 2 heterocycles. The number of H-pyrrole nitrogens is 1. The first-order valence-electron chi connectivity index (χ1n) is 6.24. The molecule has 0 bridgehead atoms. The summed E-state index contributed by atoms with van der Waals surface area (Å²) in [6, 6.07) is 8.91. The lowest BCUT2D eigenvalue weighted by molar-refractivity contribution is 0.589. The van der Waals surface area contributed by atoms with Gasteiger partial charge in [0, 0.05) is 37.9 Å². The van der Waals surface area contributed by atoms with Crippen LogP contribution in [0.3, 0.4) is 0 Å². The van der Waals surface area contributed by atoms with Gasteiger partial charge in [-0.2, -0.15) is 0 Å². The fraction of sp³-hybridized carbons (Fsp3) is 0.286. The third-order valence-corrected chi connectivity index (χ3v) is 3.33. The van der Waals surface area contributed by atoms with E-state index in [0.29, 0.717) is 5.56 Å². The number of anilines is 1. The van der Waals surface area contributed by atoms with Gasteiger partial charge in [-0.25, -0.2) is 4.39 Å². The lowest BCUT2D eigenvalue weighted by Gasteiger charge is -2.29. The van der Waals surface area contributed by atoms with Crippen molar-refractivity contribution in [3.63, 3.8) is 0 Å². The van der Waals surface area contributed by atoms with Crippen LogP contribution in [0.5, 0.6) is 0 Å². The highest BCUT2D eigenvalue weighted by Gasteiger charge is 2.17. The minimum atomic E-state index is -0.184. The van der Waals surface area contributed by atoms with E-state index in [4.69, 9.17) is 0 Å². The molecule has 2 N–H and O–H groups in total. The van der Waals surface area contributed by atoms with Crippen molar-refractivity contribution in [2.45, 2.75) is 0 Å². The molecule has 18 heavy (non-hydrogen) atoms. The van der Waals surface area contributed by atoms with Gasteiger partial charge in [-0.1, -0.05) is 12.1 Å². The number of hydrogen-bond donors (Lipinski definition) is 2. The van der Waals surface area contributed by atoms with Crippen molar-refractivity contribution >= 4 is 5.69 Å². The van der Waals surface area contributed by atoms with Crippen molar-refractivity contribution < 1.29 is 4.39 Å². The number of aromatic nitrogens is 1. The minimum Gasteiger partial charge on any atom is -0.367 e. The lowest BCUT2D eigenvalue weighted by Crippen LogP contribution is -2.43. The zero-order chi connectivity index (χ0) is 12.4. The molecule has 0 spiro atoms. The Hall–Kier alpha value is -1.81. The molecular formula is C14H16FN3. The van der Waals surface area contributed by atoms with Crippen LogP contribution >= 0.6 is 0 Å². The number of aromatic amines is 1. The number of halogens is 1. The summed E-state index contributed by atoms with van der Waals surface area (Å²) in [6.45, 7) is 3.86. The van der Waals surface area contributed by atoms with Gasteiger partial charge < -0.3 is 15.2 Å². The van der Waals surface area contributed by atoms with Gasteiger partial charge in [0.15, 0.2) is 0 Å². The highest BCUT2D eigenvalue weighted by atomic mass is 19.1. The molecule has 3 rings (SSSR count). The second-order valence-corrected chi connectivity index (χ2v) is 4.45.